The first-order valence-corrected chi connectivity index (χ1v) is 6.09. The van der Waals surface area contributed by atoms with Crippen LogP contribution >= 0.6 is 0 Å². The molecule has 0 aliphatic rings. The minimum atomic E-state index is -1.12. The van der Waals surface area contributed by atoms with E-state index in [4.69, 9.17) is 9.84 Å². The average Bonchev–Trinajstić information content (AvgIpc) is 2.72. The minimum Gasteiger partial charge on any atom is -0.476 e. The van der Waals surface area contributed by atoms with E-state index in [1.54, 1.807) is 7.11 Å². The van der Waals surface area contributed by atoms with Crippen LogP contribution in [0.4, 0.5) is 0 Å². The highest BCUT2D eigenvalue weighted by Crippen LogP contribution is 1.94. The van der Waals surface area contributed by atoms with Crippen molar-refractivity contribution in [3.05, 3.63) is 11.9 Å². The van der Waals surface area contributed by atoms with E-state index in [-0.39, 0.29) is 5.69 Å². The fraction of sp³-hybridized carbons (Fsp3) is 0.625. The van der Waals surface area contributed by atoms with E-state index in [0.717, 1.165) is 0 Å². The lowest BCUT2D eigenvalue weighted by Crippen LogP contribution is -2.13. The second-order valence-electron chi connectivity index (χ2n) is 3.01. The van der Waals surface area contributed by atoms with E-state index in [1.165, 1.54) is 10.9 Å². The topological polar surface area (TPSA) is 94.3 Å². The van der Waals surface area contributed by atoms with E-state index >= 15 is 0 Å². The summed E-state index contributed by atoms with van der Waals surface area (Å²) in [5.74, 6) is -0.241. The van der Waals surface area contributed by atoms with Gasteiger partial charge in [0.05, 0.1) is 19.3 Å². The van der Waals surface area contributed by atoms with Crippen LogP contribution in [0.1, 0.15) is 10.5 Å². The van der Waals surface area contributed by atoms with Crippen molar-refractivity contribution in [2.45, 2.75) is 6.54 Å². The fourth-order valence-electron chi connectivity index (χ4n) is 0.979. The number of hydrogen-bond acceptors (Lipinski definition) is 5. The summed E-state index contributed by atoms with van der Waals surface area (Å²) in [6.45, 7) is 0.834. The zero-order valence-electron chi connectivity index (χ0n) is 8.83. The molecule has 90 valence electrons. The molecule has 1 atom stereocenters. The van der Waals surface area contributed by atoms with Crippen molar-refractivity contribution < 1.29 is 18.8 Å². The van der Waals surface area contributed by atoms with E-state index in [1.807, 2.05) is 0 Å². The number of rotatable bonds is 7. The Kier molecular flexibility index (Phi) is 5.06. The molecule has 1 aromatic heterocycles. The number of carbonyl (C=O) groups is 1. The number of carboxylic acid groups (broad SMARTS) is 1. The molecule has 1 aromatic rings. The third-order valence-electron chi connectivity index (χ3n) is 1.82. The zero-order chi connectivity index (χ0) is 12.0. The van der Waals surface area contributed by atoms with Crippen LogP contribution < -0.4 is 0 Å². The maximum atomic E-state index is 11.4. The van der Waals surface area contributed by atoms with E-state index in [2.05, 4.69) is 10.3 Å². The summed E-state index contributed by atoms with van der Waals surface area (Å²) >= 11 is 0. The van der Waals surface area contributed by atoms with E-state index in [9.17, 15) is 9.00 Å². The van der Waals surface area contributed by atoms with Crippen LogP contribution in [-0.4, -0.2) is 55.5 Å². The van der Waals surface area contributed by atoms with Crippen molar-refractivity contribution in [2.75, 3.05) is 25.2 Å². The van der Waals surface area contributed by atoms with Gasteiger partial charge in [-0.25, -0.2) is 4.79 Å². The minimum absolute atomic E-state index is 0.109. The number of aromatic carboxylic acids is 1. The molecule has 0 aromatic carbocycles. The molecule has 7 nitrogen and oxygen atoms in total. The summed E-state index contributed by atoms with van der Waals surface area (Å²) < 4.78 is 17.5. The van der Waals surface area contributed by atoms with Gasteiger partial charge in [0.2, 0.25) is 0 Å². The van der Waals surface area contributed by atoms with Crippen LogP contribution in [0.5, 0.6) is 0 Å². The van der Waals surface area contributed by atoms with Gasteiger partial charge in [0.25, 0.3) is 0 Å². The summed E-state index contributed by atoms with van der Waals surface area (Å²) in [6.07, 6.45) is 1.32. The summed E-state index contributed by atoms with van der Waals surface area (Å²) in [7, 11) is 0.566. The van der Waals surface area contributed by atoms with Crippen LogP contribution in [0, 0.1) is 0 Å². The number of aromatic nitrogens is 3. The van der Waals surface area contributed by atoms with Gasteiger partial charge in [-0.3, -0.25) is 8.89 Å². The molecule has 1 N–H and O–H groups in total. The highest BCUT2D eigenvalue weighted by molar-refractivity contribution is 7.84. The maximum Gasteiger partial charge on any atom is 0.358 e. The van der Waals surface area contributed by atoms with Crippen LogP contribution in [-0.2, 0) is 22.1 Å². The first-order valence-electron chi connectivity index (χ1n) is 4.61. The predicted octanol–water partition coefficient (Wildman–Crippen LogP) is -0.629. The van der Waals surface area contributed by atoms with Crippen molar-refractivity contribution in [1.29, 1.82) is 0 Å². The highest BCUT2D eigenvalue weighted by atomic mass is 32.2. The molecule has 0 amide bonds. The molecule has 0 fully saturated rings. The number of nitrogens with zero attached hydrogens (tertiary/aromatic N) is 3. The van der Waals surface area contributed by atoms with Crippen molar-refractivity contribution in [2.24, 2.45) is 0 Å². The van der Waals surface area contributed by atoms with Crippen LogP contribution in [0.15, 0.2) is 6.20 Å². The molecule has 0 spiro atoms. The molecule has 0 aliphatic heterocycles. The standard InChI is InChI=1S/C8H13N3O4S/c1-15-3-5-16(14)4-2-11-6-7(8(12)13)9-10-11/h6H,2-5H2,1H3,(H,12,13). The molecule has 1 unspecified atom stereocenters. The quantitative estimate of drug-likeness (QED) is 0.689. The van der Waals surface area contributed by atoms with Crippen LogP contribution in [0.25, 0.3) is 0 Å². The average molecular weight is 247 g/mol. The third-order valence-corrected chi connectivity index (χ3v) is 3.08. The summed E-state index contributed by atoms with van der Waals surface area (Å²) in [4.78, 5) is 10.5. The second kappa shape index (κ2) is 6.33. The molecular formula is C8H13N3O4S. The Hall–Kier alpha value is -1.28. The number of ether oxygens (including phenoxy) is 1. The van der Waals surface area contributed by atoms with Crippen molar-refractivity contribution in [1.82, 2.24) is 15.0 Å². The van der Waals surface area contributed by atoms with Crippen molar-refractivity contribution >= 4 is 16.8 Å². The molecule has 1 heterocycles. The van der Waals surface area contributed by atoms with Gasteiger partial charge in [0.1, 0.15) is 0 Å². The van der Waals surface area contributed by atoms with Crippen molar-refractivity contribution in [3.63, 3.8) is 0 Å². The first-order chi connectivity index (χ1) is 7.63. The summed E-state index contributed by atoms with van der Waals surface area (Å²) in [5.41, 5.74) is -0.109. The molecule has 0 aliphatic carbocycles. The number of carboxylic acids is 1. The Morgan fingerprint density at radius 2 is 2.38 bits per heavy atom. The third kappa shape index (κ3) is 4.07. The zero-order valence-corrected chi connectivity index (χ0v) is 9.64. The molecule has 0 saturated carbocycles. The Labute approximate surface area is 94.9 Å². The smallest absolute Gasteiger partial charge is 0.358 e. The summed E-state index contributed by atoms with van der Waals surface area (Å²) in [5, 5.41) is 15.7. The maximum absolute atomic E-state index is 11.4. The van der Waals surface area contributed by atoms with Gasteiger partial charge < -0.3 is 9.84 Å². The van der Waals surface area contributed by atoms with Gasteiger partial charge in [-0.05, 0) is 0 Å². The lowest BCUT2D eigenvalue weighted by molar-refractivity contribution is 0.0690. The van der Waals surface area contributed by atoms with Crippen LogP contribution in [0.2, 0.25) is 0 Å². The predicted molar refractivity (Wildman–Crippen MR) is 56.7 cm³/mol. The Balaban J connectivity index is 2.36. The summed E-state index contributed by atoms with van der Waals surface area (Å²) in [6, 6.07) is 0. The normalized spacial score (nSPS) is 12.6. The van der Waals surface area contributed by atoms with E-state index in [0.29, 0.717) is 24.7 Å². The van der Waals surface area contributed by atoms with Gasteiger partial charge in [-0.2, -0.15) is 0 Å². The largest absolute Gasteiger partial charge is 0.476 e. The Morgan fingerprint density at radius 1 is 1.62 bits per heavy atom. The first kappa shape index (κ1) is 12.8. The van der Waals surface area contributed by atoms with Gasteiger partial charge in [-0.15, -0.1) is 5.10 Å². The lowest BCUT2D eigenvalue weighted by atomic mass is 10.5. The fourth-order valence-corrected chi connectivity index (χ4v) is 1.93. The number of aryl methyl sites for hydroxylation is 1. The molecule has 0 saturated heterocycles. The molecule has 16 heavy (non-hydrogen) atoms. The Morgan fingerprint density at radius 3 is 2.94 bits per heavy atom. The van der Waals surface area contributed by atoms with Crippen molar-refractivity contribution in [3.8, 4) is 0 Å². The van der Waals surface area contributed by atoms with Gasteiger partial charge >= 0.3 is 5.97 Å². The SMILES string of the molecule is COCCS(=O)CCn1cc(C(=O)O)nn1. The molecule has 0 radical (unpaired) electrons. The monoisotopic (exact) mass is 247 g/mol. The number of methoxy groups -OCH3 is 1. The number of hydrogen-bond donors (Lipinski definition) is 1. The van der Waals surface area contributed by atoms with Crippen LogP contribution in [0.3, 0.4) is 0 Å². The molecule has 8 heteroatoms. The second-order valence-corrected chi connectivity index (χ2v) is 4.71. The van der Waals surface area contributed by atoms with Gasteiger partial charge in [-0.1, -0.05) is 5.21 Å². The highest BCUT2D eigenvalue weighted by Gasteiger charge is 2.08. The van der Waals surface area contributed by atoms with E-state index < -0.39 is 16.8 Å². The molecule has 0 bridgehead atoms. The molecular weight excluding hydrogens is 234 g/mol. The van der Waals surface area contributed by atoms with Gasteiger partial charge in [0, 0.05) is 29.4 Å². The Bertz CT molecular complexity index is 379. The lowest BCUT2D eigenvalue weighted by Gasteiger charge is -2.00. The molecule has 1 rings (SSSR count). The van der Waals surface area contributed by atoms with Gasteiger partial charge in [0.15, 0.2) is 5.69 Å².